The van der Waals surface area contributed by atoms with Gasteiger partial charge in [-0.1, -0.05) is 23.2 Å². The number of ether oxygens (including phenoxy) is 2. The Morgan fingerprint density at radius 3 is 2.68 bits per heavy atom. The third-order valence-electron chi connectivity index (χ3n) is 2.81. The molecular formula is C16H15Cl3N2O4. The van der Waals surface area contributed by atoms with Crippen molar-refractivity contribution < 1.29 is 19.1 Å². The van der Waals surface area contributed by atoms with Gasteiger partial charge >= 0.3 is 5.97 Å². The third kappa shape index (κ3) is 7.17. The molecule has 0 bridgehead atoms. The summed E-state index contributed by atoms with van der Waals surface area (Å²) in [5.41, 5.74) is 0.435. The van der Waals surface area contributed by atoms with E-state index in [2.05, 4.69) is 10.3 Å². The molecule has 0 aliphatic heterocycles. The highest BCUT2D eigenvalue weighted by atomic mass is 35.5. The van der Waals surface area contributed by atoms with Crippen LogP contribution in [0.15, 0.2) is 42.7 Å². The standard InChI is InChI=1S/C16H14Cl2N2O4.ClH/c17-12-3-4-14(13(18)8-12)24-10-15(21)23-7-6-20-16(22)11-2-1-5-19-9-11;/h1-5,8-9H,6-7,10H2,(H,20,22);1H. The van der Waals surface area contributed by atoms with E-state index in [0.717, 1.165) is 0 Å². The number of amides is 1. The molecule has 0 unspecified atom stereocenters. The first-order chi connectivity index (χ1) is 11.6. The number of hydrogen-bond donors (Lipinski definition) is 1. The van der Waals surface area contributed by atoms with Gasteiger partial charge in [0.15, 0.2) is 6.61 Å². The molecule has 1 aromatic carbocycles. The van der Waals surface area contributed by atoms with Crippen molar-refractivity contribution in [1.82, 2.24) is 10.3 Å². The SMILES string of the molecule is Cl.O=C(COc1ccc(Cl)cc1Cl)OCCNC(=O)c1cccnc1. The van der Waals surface area contributed by atoms with Crippen molar-refractivity contribution in [3.8, 4) is 5.75 Å². The van der Waals surface area contributed by atoms with Gasteiger partial charge in [-0.05, 0) is 30.3 Å². The molecule has 0 saturated heterocycles. The van der Waals surface area contributed by atoms with Gasteiger partial charge in [-0.3, -0.25) is 9.78 Å². The Kier molecular flexibility index (Phi) is 9.05. The molecule has 1 N–H and O–H groups in total. The van der Waals surface area contributed by atoms with Crippen LogP contribution in [0.3, 0.4) is 0 Å². The lowest BCUT2D eigenvalue weighted by molar-refractivity contribution is -0.145. The molecule has 0 radical (unpaired) electrons. The van der Waals surface area contributed by atoms with Crippen LogP contribution in [-0.4, -0.2) is 36.6 Å². The molecule has 0 atom stereocenters. The normalized spacial score (nSPS) is 9.68. The quantitative estimate of drug-likeness (QED) is 0.565. The monoisotopic (exact) mass is 404 g/mol. The Morgan fingerprint density at radius 2 is 2.00 bits per heavy atom. The van der Waals surface area contributed by atoms with Crippen molar-refractivity contribution in [2.75, 3.05) is 19.8 Å². The summed E-state index contributed by atoms with van der Waals surface area (Å²) >= 11 is 11.7. The number of aromatic nitrogens is 1. The largest absolute Gasteiger partial charge is 0.480 e. The van der Waals surface area contributed by atoms with Crippen molar-refractivity contribution in [2.45, 2.75) is 0 Å². The van der Waals surface area contributed by atoms with Gasteiger partial charge < -0.3 is 14.8 Å². The van der Waals surface area contributed by atoms with Crippen LogP contribution in [0.5, 0.6) is 5.75 Å². The van der Waals surface area contributed by atoms with Crippen LogP contribution in [0.25, 0.3) is 0 Å². The second kappa shape index (κ2) is 10.8. The first-order valence-corrected chi connectivity index (χ1v) is 7.73. The van der Waals surface area contributed by atoms with Gasteiger partial charge in [-0.2, -0.15) is 0 Å². The summed E-state index contributed by atoms with van der Waals surface area (Å²) in [5, 5.41) is 3.39. The zero-order valence-electron chi connectivity index (χ0n) is 12.9. The average Bonchev–Trinajstić information content (AvgIpc) is 2.58. The minimum atomic E-state index is -0.573. The van der Waals surface area contributed by atoms with Crippen molar-refractivity contribution in [3.63, 3.8) is 0 Å². The maximum atomic E-state index is 11.7. The van der Waals surface area contributed by atoms with E-state index in [1.54, 1.807) is 30.5 Å². The average molecular weight is 406 g/mol. The van der Waals surface area contributed by atoms with Crippen LogP contribution in [0.2, 0.25) is 10.0 Å². The first kappa shape index (κ1) is 21.0. The second-order valence-corrected chi connectivity index (χ2v) is 5.43. The molecule has 0 spiro atoms. The van der Waals surface area contributed by atoms with Crippen LogP contribution in [0.1, 0.15) is 10.4 Å². The molecule has 2 aromatic rings. The summed E-state index contributed by atoms with van der Waals surface area (Å²) in [4.78, 5) is 27.1. The number of pyridine rings is 1. The zero-order valence-corrected chi connectivity index (χ0v) is 15.2. The van der Waals surface area contributed by atoms with Crippen LogP contribution < -0.4 is 10.1 Å². The number of carbonyl (C=O) groups excluding carboxylic acids is 2. The van der Waals surface area contributed by atoms with E-state index < -0.39 is 5.97 Å². The molecule has 6 nitrogen and oxygen atoms in total. The number of halogens is 3. The van der Waals surface area contributed by atoms with E-state index >= 15 is 0 Å². The van der Waals surface area contributed by atoms with E-state index in [9.17, 15) is 9.59 Å². The van der Waals surface area contributed by atoms with Crippen molar-refractivity contribution >= 4 is 47.5 Å². The summed E-state index contributed by atoms with van der Waals surface area (Å²) < 4.78 is 10.2. The molecule has 1 aromatic heterocycles. The maximum absolute atomic E-state index is 11.7. The van der Waals surface area contributed by atoms with E-state index in [-0.39, 0.29) is 38.1 Å². The number of nitrogens with one attached hydrogen (secondary N) is 1. The van der Waals surface area contributed by atoms with Crippen LogP contribution in [-0.2, 0) is 9.53 Å². The Morgan fingerprint density at radius 1 is 1.20 bits per heavy atom. The van der Waals surface area contributed by atoms with Gasteiger partial charge in [0.2, 0.25) is 0 Å². The van der Waals surface area contributed by atoms with Gasteiger partial charge in [0, 0.05) is 17.4 Å². The smallest absolute Gasteiger partial charge is 0.344 e. The minimum Gasteiger partial charge on any atom is -0.480 e. The molecule has 25 heavy (non-hydrogen) atoms. The number of carbonyl (C=O) groups is 2. The first-order valence-electron chi connectivity index (χ1n) is 6.98. The molecular weight excluding hydrogens is 391 g/mol. The van der Waals surface area contributed by atoms with E-state index in [0.29, 0.717) is 21.4 Å². The molecule has 0 saturated carbocycles. The molecule has 9 heteroatoms. The van der Waals surface area contributed by atoms with Gasteiger partial charge in [-0.25, -0.2) is 4.79 Å². The summed E-state index contributed by atoms with van der Waals surface area (Å²) in [6.45, 7) is -0.0817. The molecule has 2 rings (SSSR count). The van der Waals surface area contributed by atoms with E-state index in [4.69, 9.17) is 32.7 Å². The Bertz CT molecular complexity index is 714. The summed E-state index contributed by atoms with van der Waals surface area (Å²) in [6.07, 6.45) is 3.02. The predicted molar refractivity (Wildman–Crippen MR) is 96.7 cm³/mol. The molecule has 134 valence electrons. The Hall–Kier alpha value is -2.02. The van der Waals surface area contributed by atoms with Gasteiger partial charge in [0.1, 0.15) is 12.4 Å². The van der Waals surface area contributed by atoms with Gasteiger partial charge in [-0.15, -0.1) is 12.4 Å². The van der Waals surface area contributed by atoms with Crippen molar-refractivity contribution in [1.29, 1.82) is 0 Å². The highest BCUT2D eigenvalue weighted by Gasteiger charge is 2.08. The van der Waals surface area contributed by atoms with E-state index in [1.807, 2.05) is 0 Å². The molecule has 1 amide bonds. The fourth-order valence-corrected chi connectivity index (χ4v) is 2.16. The molecule has 0 aliphatic rings. The van der Waals surface area contributed by atoms with Crippen molar-refractivity contribution in [3.05, 3.63) is 58.3 Å². The van der Waals surface area contributed by atoms with E-state index in [1.165, 1.54) is 12.3 Å². The number of benzene rings is 1. The maximum Gasteiger partial charge on any atom is 0.344 e. The third-order valence-corrected chi connectivity index (χ3v) is 3.34. The summed E-state index contributed by atoms with van der Waals surface area (Å²) in [5.74, 6) is -0.525. The lowest BCUT2D eigenvalue weighted by Crippen LogP contribution is -2.29. The second-order valence-electron chi connectivity index (χ2n) is 4.58. The van der Waals surface area contributed by atoms with Crippen molar-refractivity contribution in [2.24, 2.45) is 0 Å². The fraction of sp³-hybridized carbons (Fsp3) is 0.188. The van der Waals surface area contributed by atoms with Gasteiger partial charge in [0.05, 0.1) is 17.1 Å². The lowest BCUT2D eigenvalue weighted by atomic mass is 10.3. The minimum absolute atomic E-state index is 0. The summed E-state index contributed by atoms with van der Waals surface area (Å²) in [7, 11) is 0. The van der Waals surface area contributed by atoms with Gasteiger partial charge in [0.25, 0.3) is 5.91 Å². The predicted octanol–water partition coefficient (Wildman–Crippen LogP) is 3.16. The topological polar surface area (TPSA) is 77.5 Å². The summed E-state index contributed by atoms with van der Waals surface area (Å²) in [6, 6.07) is 7.97. The lowest BCUT2D eigenvalue weighted by Gasteiger charge is -2.09. The molecule has 0 aliphatic carbocycles. The Labute approximate surface area is 160 Å². The zero-order chi connectivity index (χ0) is 17.4. The van der Waals surface area contributed by atoms with Crippen LogP contribution >= 0.6 is 35.6 Å². The molecule has 1 heterocycles. The number of hydrogen-bond acceptors (Lipinski definition) is 5. The van der Waals surface area contributed by atoms with Crippen LogP contribution in [0, 0.1) is 0 Å². The number of esters is 1. The number of nitrogens with zero attached hydrogens (tertiary/aromatic N) is 1. The number of rotatable bonds is 7. The highest BCUT2D eigenvalue weighted by Crippen LogP contribution is 2.27. The fourth-order valence-electron chi connectivity index (χ4n) is 1.70. The van der Waals surface area contributed by atoms with Crippen LogP contribution in [0.4, 0.5) is 0 Å². The highest BCUT2D eigenvalue weighted by molar-refractivity contribution is 6.35. The Balaban J connectivity index is 0.00000312. The molecule has 0 fully saturated rings.